The Morgan fingerprint density at radius 1 is 1.23 bits per heavy atom. The Morgan fingerprint density at radius 2 is 1.85 bits per heavy atom. The molecule has 0 radical (unpaired) electrons. The van der Waals surface area contributed by atoms with Crippen LogP contribution in [-0.2, 0) is 0 Å². The zero-order valence-electron chi connectivity index (χ0n) is 7.36. The highest BCUT2D eigenvalue weighted by molar-refractivity contribution is 6.00. The molecule has 1 unspecified atom stereocenters. The van der Waals surface area contributed by atoms with E-state index < -0.39 is 0 Å². The van der Waals surface area contributed by atoms with E-state index in [1.807, 2.05) is 0 Å². The van der Waals surface area contributed by atoms with Gasteiger partial charge in [0.25, 0.3) is 0 Å². The highest BCUT2D eigenvalue weighted by atomic mass is 15.8. The van der Waals surface area contributed by atoms with Crippen molar-refractivity contribution in [2.75, 3.05) is 18.5 Å². The number of rotatable bonds is 0. The predicted octanol–water partition coefficient (Wildman–Crippen LogP) is 0.00930. The predicted molar refractivity (Wildman–Crippen MR) is 54.8 cm³/mol. The molecule has 0 bridgehead atoms. The number of anilines is 2. The third-order valence-corrected chi connectivity index (χ3v) is 2.16. The first-order valence-corrected chi connectivity index (χ1v) is 3.91. The molecule has 1 aliphatic heterocycles. The van der Waals surface area contributed by atoms with Gasteiger partial charge in [-0.05, 0) is 12.1 Å². The van der Waals surface area contributed by atoms with Gasteiger partial charge in [0.1, 0.15) is 13.3 Å². The summed E-state index contributed by atoms with van der Waals surface area (Å²) in [5, 5.41) is 4.09. The summed E-state index contributed by atoms with van der Waals surface area (Å²) in [5.74, 6) is 5.86. The van der Waals surface area contributed by atoms with Crippen molar-refractivity contribution in [2.45, 2.75) is 0 Å². The second-order valence-electron chi connectivity index (χ2n) is 3.28. The molecule has 13 heavy (non-hydrogen) atoms. The van der Waals surface area contributed by atoms with E-state index >= 15 is 0 Å². The second-order valence-corrected chi connectivity index (χ2v) is 3.28. The molecule has 1 aromatic rings. The third-order valence-electron chi connectivity index (χ3n) is 2.16. The number of benzene rings is 1. The van der Waals surface area contributed by atoms with Crippen molar-refractivity contribution in [1.82, 2.24) is 4.70 Å². The summed E-state index contributed by atoms with van der Waals surface area (Å²) in [5.41, 5.74) is 14.4. The van der Waals surface area contributed by atoms with E-state index in [-0.39, 0.29) is 4.70 Å². The minimum atomic E-state index is -0.0772. The van der Waals surface area contributed by atoms with Crippen molar-refractivity contribution >= 4 is 23.3 Å². The van der Waals surface area contributed by atoms with Crippen LogP contribution in [0.3, 0.4) is 0 Å². The number of hydrogen-bond acceptors (Lipinski definition) is 4. The van der Waals surface area contributed by atoms with E-state index in [0.717, 1.165) is 11.3 Å². The monoisotopic (exact) mass is 178 g/mol. The van der Waals surface area contributed by atoms with Gasteiger partial charge >= 0.3 is 0 Å². The Morgan fingerprint density at radius 3 is 2.46 bits per heavy atom. The number of quaternary nitrogens is 1. The first-order chi connectivity index (χ1) is 6.02. The van der Waals surface area contributed by atoms with E-state index in [1.165, 1.54) is 0 Å². The molecule has 5 heteroatoms. The van der Waals surface area contributed by atoms with Crippen molar-refractivity contribution in [1.29, 1.82) is 0 Å². The summed E-state index contributed by atoms with van der Waals surface area (Å²) in [7, 11) is 1.75. The van der Waals surface area contributed by atoms with Crippen molar-refractivity contribution in [3.8, 4) is 0 Å². The molecule has 68 valence electrons. The molecule has 0 aliphatic carbocycles. The maximum absolute atomic E-state index is 5.86. The molecule has 0 aromatic heterocycles. The summed E-state index contributed by atoms with van der Waals surface area (Å²) in [6.45, 7) is 0. The fourth-order valence-corrected chi connectivity index (χ4v) is 1.52. The minimum absolute atomic E-state index is 0.0772. The van der Waals surface area contributed by atoms with Crippen LogP contribution in [0.1, 0.15) is 5.56 Å². The summed E-state index contributed by atoms with van der Waals surface area (Å²) >= 11 is 0. The van der Waals surface area contributed by atoms with E-state index in [1.54, 1.807) is 25.4 Å². The maximum Gasteiger partial charge on any atom is 0.212 e. The number of fused-ring (bicyclic) bond motifs is 1. The van der Waals surface area contributed by atoms with Crippen molar-refractivity contribution < 1.29 is 0 Å². The number of hydrogen-bond donors (Lipinski definition) is 3. The van der Waals surface area contributed by atoms with Crippen molar-refractivity contribution in [2.24, 2.45) is 10.9 Å². The van der Waals surface area contributed by atoms with Crippen LogP contribution in [0.5, 0.6) is 0 Å². The Bertz CT molecular complexity index is 394. The average Bonchev–Trinajstić information content (AvgIpc) is 2.36. The van der Waals surface area contributed by atoms with Crippen LogP contribution in [-0.4, -0.2) is 13.3 Å². The van der Waals surface area contributed by atoms with Gasteiger partial charge in [0.2, 0.25) is 5.69 Å². The summed E-state index contributed by atoms with van der Waals surface area (Å²) in [6, 6.07) is 3.50. The zero-order valence-corrected chi connectivity index (χ0v) is 7.36. The maximum atomic E-state index is 5.86. The van der Waals surface area contributed by atoms with Gasteiger partial charge in [0, 0.05) is 5.69 Å². The molecule has 1 aromatic carbocycles. The van der Waals surface area contributed by atoms with E-state index in [0.29, 0.717) is 11.4 Å². The molecule has 5 nitrogen and oxygen atoms in total. The lowest BCUT2D eigenvalue weighted by Gasteiger charge is -2.18. The Hall–Kier alpha value is -1.59. The van der Waals surface area contributed by atoms with E-state index in [4.69, 9.17) is 17.3 Å². The van der Waals surface area contributed by atoms with Crippen LogP contribution in [0.25, 0.3) is 0 Å². The normalized spacial score (nSPS) is 24.8. The van der Waals surface area contributed by atoms with E-state index in [9.17, 15) is 0 Å². The lowest BCUT2D eigenvalue weighted by Crippen LogP contribution is -2.45. The van der Waals surface area contributed by atoms with Gasteiger partial charge < -0.3 is 11.5 Å². The molecule has 0 spiro atoms. The van der Waals surface area contributed by atoms with Gasteiger partial charge in [-0.1, -0.05) is 9.80 Å². The Kier molecular flexibility index (Phi) is 1.37. The zero-order chi connectivity index (χ0) is 9.64. The molecule has 0 amide bonds. The molecule has 1 heterocycles. The van der Waals surface area contributed by atoms with Crippen LogP contribution >= 0.6 is 0 Å². The number of nitrogens with two attached hydrogens (primary N) is 3. The molecular formula is C8H12N5+. The van der Waals surface area contributed by atoms with Crippen LogP contribution < -0.4 is 22.0 Å². The van der Waals surface area contributed by atoms with Gasteiger partial charge in [-0.25, -0.2) is 0 Å². The average molecular weight is 178 g/mol. The van der Waals surface area contributed by atoms with Crippen molar-refractivity contribution in [3.05, 3.63) is 17.7 Å². The molecule has 6 N–H and O–H groups in total. The Balaban J connectivity index is 2.76. The first-order valence-electron chi connectivity index (χ1n) is 3.91. The summed E-state index contributed by atoms with van der Waals surface area (Å²) in [6.07, 6.45) is 1.65. The van der Waals surface area contributed by atoms with Crippen molar-refractivity contribution in [3.63, 3.8) is 0 Å². The molecule has 0 fully saturated rings. The minimum Gasteiger partial charge on any atom is -0.398 e. The van der Waals surface area contributed by atoms with Gasteiger partial charge in [-0.2, -0.15) is 0 Å². The molecular weight excluding hydrogens is 166 g/mol. The number of nitrogens with zero attached hydrogens (tertiary/aromatic N) is 2. The highest BCUT2D eigenvalue weighted by Gasteiger charge is 2.33. The lowest BCUT2D eigenvalue weighted by atomic mass is 10.1. The van der Waals surface area contributed by atoms with Gasteiger partial charge in [-0.15, -0.1) is 5.84 Å². The van der Waals surface area contributed by atoms with Gasteiger partial charge in [0.15, 0.2) is 0 Å². The third kappa shape index (κ3) is 0.980. The smallest absolute Gasteiger partial charge is 0.212 e. The SMILES string of the molecule is C[N+]1(N)N=Cc2c(N)ccc(N)c21. The number of nitrogen functional groups attached to an aromatic ring is 2. The summed E-state index contributed by atoms with van der Waals surface area (Å²) < 4.78 is -0.0772. The fourth-order valence-electron chi connectivity index (χ4n) is 1.52. The Labute approximate surface area is 76.0 Å². The van der Waals surface area contributed by atoms with Gasteiger partial charge in [0.05, 0.1) is 11.3 Å². The first kappa shape index (κ1) is 8.03. The van der Waals surface area contributed by atoms with Crippen LogP contribution in [0.4, 0.5) is 17.1 Å². The van der Waals surface area contributed by atoms with Crippen LogP contribution in [0, 0.1) is 0 Å². The second kappa shape index (κ2) is 2.21. The molecule has 1 aliphatic rings. The van der Waals surface area contributed by atoms with E-state index in [2.05, 4.69) is 5.10 Å². The molecule has 0 saturated carbocycles. The van der Waals surface area contributed by atoms with Crippen LogP contribution in [0.15, 0.2) is 17.2 Å². The quantitative estimate of drug-likeness (QED) is 0.297. The molecule has 0 saturated heterocycles. The molecule has 2 rings (SSSR count). The largest absolute Gasteiger partial charge is 0.398 e. The topological polar surface area (TPSA) is 90.4 Å². The molecule has 1 atom stereocenters. The van der Waals surface area contributed by atoms with Gasteiger partial charge in [-0.3, -0.25) is 0 Å². The summed E-state index contributed by atoms with van der Waals surface area (Å²) in [4.78, 5) is 0. The standard InChI is InChI=1S/C8H12N5/c1-13(11)8-5(4-12-13)6(9)2-3-7(8)10/h2-4H,9-11H2,1H3/q+1. The lowest BCUT2D eigenvalue weighted by molar-refractivity contribution is 0.374. The highest BCUT2D eigenvalue weighted by Crippen LogP contribution is 2.36. The van der Waals surface area contributed by atoms with Crippen LogP contribution in [0.2, 0.25) is 0 Å². The fraction of sp³-hybridized carbons (Fsp3) is 0.125.